The van der Waals surface area contributed by atoms with Gasteiger partial charge < -0.3 is 4.90 Å². The fourth-order valence-electron chi connectivity index (χ4n) is 1.79. The van der Waals surface area contributed by atoms with Gasteiger partial charge in [0.1, 0.15) is 0 Å². The van der Waals surface area contributed by atoms with Crippen LogP contribution in [0.1, 0.15) is 45.2 Å². The number of carbonyl (C=O) groups is 1. The Morgan fingerprint density at radius 1 is 1.33 bits per heavy atom. The second kappa shape index (κ2) is 6.79. The highest BCUT2D eigenvalue weighted by Crippen LogP contribution is 2.22. The molecule has 0 saturated carbocycles. The zero-order valence-electron chi connectivity index (χ0n) is 11.6. The second-order valence-corrected chi connectivity index (χ2v) is 5.60. The van der Waals surface area contributed by atoms with Gasteiger partial charge in [-0.15, -0.1) is 0 Å². The number of hydrogen-bond donors (Lipinski definition) is 0. The Labute approximate surface area is 115 Å². The van der Waals surface area contributed by atoms with E-state index in [1.54, 1.807) is 4.90 Å². The first-order chi connectivity index (χ1) is 8.41. The molecule has 1 amide bonds. The normalized spacial score (nSPS) is 12.6. The molecular weight excluding hydrogens is 246 g/mol. The van der Waals surface area contributed by atoms with Gasteiger partial charge in [0, 0.05) is 18.5 Å². The van der Waals surface area contributed by atoms with Crippen LogP contribution in [0.4, 0.5) is 0 Å². The van der Waals surface area contributed by atoms with Crippen LogP contribution in [0.25, 0.3) is 0 Å². The predicted octanol–water partition coefficient (Wildman–Crippen LogP) is 4.30. The van der Waals surface area contributed by atoms with Crippen LogP contribution < -0.4 is 0 Å². The lowest BCUT2D eigenvalue weighted by Crippen LogP contribution is -2.29. The Bertz CT molecular complexity index is 403. The highest BCUT2D eigenvalue weighted by Gasteiger charge is 2.17. The van der Waals surface area contributed by atoms with E-state index in [0.717, 1.165) is 12.0 Å². The summed E-state index contributed by atoms with van der Waals surface area (Å²) in [4.78, 5) is 13.8. The first-order valence-electron chi connectivity index (χ1n) is 6.43. The van der Waals surface area contributed by atoms with Crippen LogP contribution in [0.2, 0.25) is 5.02 Å². The zero-order chi connectivity index (χ0) is 13.7. The molecule has 1 aromatic carbocycles. The smallest absolute Gasteiger partial charge is 0.222 e. The van der Waals surface area contributed by atoms with E-state index < -0.39 is 0 Å². The van der Waals surface area contributed by atoms with E-state index in [1.165, 1.54) is 0 Å². The molecule has 1 unspecified atom stereocenters. The molecule has 0 radical (unpaired) electrons. The van der Waals surface area contributed by atoms with Crippen molar-refractivity contribution in [1.29, 1.82) is 0 Å². The highest BCUT2D eigenvalue weighted by molar-refractivity contribution is 6.30. The summed E-state index contributed by atoms with van der Waals surface area (Å²) in [5.74, 6) is 0.750. The van der Waals surface area contributed by atoms with Crippen molar-refractivity contribution < 1.29 is 4.79 Å². The van der Waals surface area contributed by atoms with Crippen molar-refractivity contribution >= 4 is 17.5 Å². The van der Waals surface area contributed by atoms with Gasteiger partial charge in [-0.1, -0.05) is 37.6 Å². The molecule has 0 aliphatic rings. The standard InChI is InChI=1S/C15H22ClNO/c1-11(2)8-9-15(18)17(4)12(3)13-6-5-7-14(16)10-13/h5-7,10-12H,8-9H2,1-4H3. The summed E-state index contributed by atoms with van der Waals surface area (Å²) in [7, 11) is 1.86. The molecule has 1 atom stereocenters. The molecule has 0 N–H and O–H groups in total. The lowest BCUT2D eigenvalue weighted by Gasteiger charge is -2.26. The maximum absolute atomic E-state index is 12.0. The summed E-state index contributed by atoms with van der Waals surface area (Å²) in [6.07, 6.45) is 1.55. The van der Waals surface area contributed by atoms with Crippen LogP contribution in [0, 0.1) is 5.92 Å². The van der Waals surface area contributed by atoms with E-state index in [0.29, 0.717) is 17.4 Å². The van der Waals surface area contributed by atoms with Crippen molar-refractivity contribution in [2.24, 2.45) is 5.92 Å². The van der Waals surface area contributed by atoms with Gasteiger partial charge >= 0.3 is 0 Å². The van der Waals surface area contributed by atoms with Crippen LogP contribution in [-0.4, -0.2) is 17.9 Å². The molecule has 1 aromatic rings. The predicted molar refractivity (Wildman–Crippen MR) is 76.7 cm³/mol. The Morgan fingerprint density at radius 2 is 2.00 bits per heavy atom. The number of rotatable bonds is 5. The third kappa shape index (κ3) is 4.34. The molecule has 0 saturated heterocycles. The van der Waals surface area contributed by atoms with Crippen molar-refractivity contribution in [2.45, 2.75) is 39.7 Å². The number of nitrogens with zero attached hydrogens (tertiary/aromatic N) is 1. The number of carbonyl (C=O) groups excluding carboxylic acids is 1. The van der Waals surface area contributed by atoms with Crippen molar-refractivity contribution in [3.05, 3.63) is 34.9 Å². The molecule has 1 rings (SSSR count). The van der Waals surface area contributed by atoms with Crippen LogP contribution in [0.15, 0.2) is 24.3 Å². The van der Waals surface area contributed by atoms with Crippen LogP contribution in [0.5, 0.6) is 0 Å². The van der Waals surface area contributed by atoms with Crippen LogP contribution in [0.3, 0.4) is 0 Å². The summed E-state index contributed by atoms with van der Waals surface area (Å²) in [6, 6.07) is 7.74. The van der Waals surface area contributed by atoms with Gasteiger partial charge in [-0.2, -0.15) is 0 Å². The van der Waals surface area contributed by atoms with Crippen LogP contribution >= 0.6 is 11.6 Å². The molecule has 0 fully saturated rings. The van der Waals surface area contributed by atoms with E-state index in [1.807, 2.05) is 38.2 Å². The zero-order valence-corrected chi connectivity index (χ0v) is 12.4. The van der Waals surface area contributed by atoms with Gasteiger partial charge in [0.15, 0.2) is 0 Å². The molecule has 0 spiro atoms. The molecule has 3 heteroatoms. The average Bonchev–Trinajstić information content (AvgIpc) is 2.34. The van der Waals surface area contributed by atoms with Crippen molar-refractivity contribution in [1.82, 2.24) is 4.90 Å². The lowest BCUT2D eigenvalue weighted by molar-refractivity contribution is -0.132. The number of halogens is 1. The quantitative estimate of drug-likeness (QED) is 0.779. The summed E-state index contributed by atoms with van der Waals surface area (Å²) in [5.41, 5.74) is 1.07. The van der Waals surface area contributed by atoms with Crippen molar-refractivity contribution in [2.75, 3.05) is 7.05 Å². The van der Waals surface area contributed by atoms with Gasteiger partial charge in [-0.05, 0) is 37.0 Å². The minimum atomic E-state index is 0.0587. The lowest BCUT2D eigenvalue weighted by atomic mass is 10.0. The molecule has 0 aromatic heterocycles. The number of benzene rings is 1. The van der Waals surface area contributed by atoms with E-state index >= 15 is 0 Å². The SMILES string of the molecule is CC(C)CCC(=O)N(C)C(C)c1cccc(Cl)c1. The maximum atomic E-state index is 12.0. The Kier molecular flexibility index (Phi) is 5.67. The average molecular weight is 268 g/mol. The van der Waals surface area contributed by atoms with E-state index in [-0.39, 0.29) is 11.9 Å². The Morgan fingerprint density at radius 3 is 2.56 bits per heavy atom. The van der Waals surface area contributed by atoms with E-state index in [2.05, 4.69) is 13.8 Å². The minimum absolute atomic E-state index is 0.0587. The Balaban J connectivity index is 2.65. The fraction of sp³-hybridized carbons (Fsp3) is 0.533. The summed E-state index contributed by atoms with van der Waals surface area (Å²) in [6.45, 7) is 6.29. The third-order valence-electron chi connectivity index (χ3n) is 3.24. The first-order valence-corrected chi connectivity index (χ1v) is 6.80. The largest absolute Gasteiger partial charge is 0.339 e. The third-order valence-corrected chi connectivity index (χ3v) is 3.48. The molecule has 0 bridgehead atoms. The van der Waals surface area contributed by atoms with Gasteiger partial charge in [-0.25, -0.2) is 0 Å². The van der Waals surface area contributed by atoms with Crippen molar-refractivity contribution in [3.8, 4) is 0 Å². The second-order valence-electron chi connectivity index (χ2n) is 5.17. The maximum Gasteiger partial charge on any atom is 0.222 e. The summed E-state index contributed by atoms with van der Waals surface area (Å²) >= 11 is 5.97. The van der Waals surface area contributed by atoms with Crippen LogP contribution in [-0.2, 0) is 4.79 Å². The molecule has 0 aliphatic heterocycles. The number of hydrogen-bond acceptors (Lipinski definition) is 1. The minimum Gasteiger partial charge on any atom is -0.339 e. The fourth-order valence-corrected chi connectivity index (χ4v) is 1.99. The van der Waals surface area contributed by atoms with Gasteiger partial charge in [0.05, 0.1) is 6.04 Å². The van der Waals surface area contributed by atoms with Crippen molar-refractivity contribution in [3.63, 3.8) is 0 Å². The van der Waals surface area contributed by atoms with E-state index in [9.17, 15) is 4.79 Å². The van der Waals surface area contributed by atoms with Gasteiger partial charge in [0.2, 0.25) is 5.91 Å². The number of amides is 1. The first kappa shape index (κ1) is 15.0. The Hall–Kier alpha value is -1.02. The monoisotopic (exact) mass is 267 g/mol. The van der Waals surface area contributed by atoms with E-state index in [4.69, 9.17) is 11.6 Å². The summed E-state index contributed by atoms with van der Waals surface area (Å²) in [5, 5.41) is 0.711. The topological polar surface area (TPSA) is 20.3 Å². The van der Waals surface area contributed by atoms with Gasteiger partial charge in [-0.3, -0.25) is 4.79 Å². The van der Waals surface area contributed by atoms with Gasteiger partial charge in [0.25, 0.3) is 0 Å². The molecule has 2 nitrogen and oxygen atoms in total. The molecule has 18 heavy (non-hydrogen) atoms. The molecule has 0 heterocycles. The highest BCUT2D eigenvalue weighted by atomic mass is 35.5. The molecule has 100 valence electrons. The molecule has 0 aliphatic carbocycles. The summed E-state index contributed by atoms with van der Waals surface area (Å²) < 4.78 is 0. The molecular formula is C15H22ClNO.